The Balaban J connectivity index is 1.51. The van der Waals surface area contributed by atoms with Crippen LogP contribution in [0.25, 0.3) is 0 Å². The molecule has 0 radical (unpaired) electrons. The maximum atomic E-state index is 13.7. The fourth-order valence-corrected chi connectivity index (χ4v) is 3.26. The number of nitrogens with zero attached hydrogens (tertiary/aromatic N) is 2. The summed E-state index contributed by atoms with van der Waals surface area (Å²) < 4.78 is 13.7. The number of anilines is 1. The minimum absolute atomic E-state index is 0.0616. The SMILES string of the molecule is O=C(Nc1ccccc1F)c1cccc(C(=O)N2CCc3ccccc3C2)n1. The first kappa shape index (κ1) is 17.9. The van der Waals surface area contributed by atoms with Crippen molar-refractivity contribution in [1.29, 1.82) is 0 Å². The van der Waals surface area contributed by atoms with E-state index in [1.165, 1.54) is 23.8 Å². The molecule has 0 atom stereocenters. The van der Waals surface area contributed by atoms with Gasteiger partial charge in [-0.15, -0.1) is 0 Å². The van der Waals surface area contributed by atoms with Gasteiger partial charge in [-0.3, -0.25) is 9.59 Å². The highest BCUT2D eigenvalue weighted by Gasteiger charge is 2.23. The molecule has 5 nitrogen and oxygen atoms in total. The number of hydrogen-bond acceptors (Lipinski definition) is 3. The first-order valence-corrected chi connectivity index (χ1v) is 9.01. The Labute approximate surface area is 161 Å². The van der Waals surface area contributed by atoms with E-state index in [0.717, 1.165) is 12.0 Å². The van der Waals surface area contributed by atoms with Crippen molar-refractivity contribution in [3.05, 3.63) is 95.1 Å². The van der Waals surface area contributed by atoms with Crippen molar-refractivity contribution in [1.82, 2.24) is 9.88 Å². The zero-order valence-electron chi connectivity index (χ0n) is 15.1. The van der Waals surface area contributed by atoms with Gasteiger partial charge >= 0.3 is 0 Å². The summed E-state index contributed by atoms with van der Waals surface area (Å²) in [6, 6.07) is 18.6. The largest absolute Gasteiger partial charge is 0.333 e. The summed E-state index contributed by atoms with van der Waals surface area (Å²) in [4.78, 5) is 31.2. The van der Waals surface area contributed by atoms with E-state index in [1.807, 2.05) is 18.2 Å². The lowest BCUT2D eigenvalue weighted by Crippen LogP contribution is -2.36. The fourth-order valence-electron chi connectivity index (χ4n) is 3.26. The maximum absolute atomic E-state index is 13.7. The van der Waals surface area contributed by atoms with Gasteiger partial charge in [-0.25, -0.2) is 9.37 Å². The monoisotopic (exact) mass is 375 g/mol. The molecule has 0 spiro atoms. The Hall–Kier alpha value is -3.54. The first-order chi connectivity index (χ1) is 13.6. The Morgan fingerprint density at radius 2 is 1.61 bits per heavy atom. The molecule has 4 rings (SSSR count). The second kappa shape index (κ2) is 7.60. The molecule has 0 fully saturated rings. The van der Waals surface area contributed by atoms with Crippen LogP contribution in [0, 0.1) is 5.82 Å². The summed E-state index contributed by atoms with van der Waals surface area (Å²) in [6.45, 7) is 1.12. The average molecular weight is 375 g/mol. The molecule has 2 amide bonds. The number of benzene rings is 2. The van der Waals surface area contributed by atoms with Crippen molar-refractivity contribution in [3.63, 3.8) is 0 Å². The van der Waals surface area contributed by atoms with Crippen LogP contribution >= 0.6 is 0 Å². The van der Waals surface area contributed by atoms with E-state index >= 15 is 0 Å². The van der Waals surface area contributed by atoms with Gasteiger partial charge in [0, 0.05) is 13.1 Å². The molecule has 1 aliphatic rings. The number of carbonyl (C=O) groups is 2. The molecule has 0 saturated heterocycles. The normalized spacial score (nSPS) is 13.0. The third-order valence-corrected chi connectivity index (χ3v) is 4.74. The van der Waals surface area contributed by atoms with E-state index in [0.29, 0.717) is 13.1 Å². The topological polar surface area (TPSA) is 62.3 Å². The smallest absolute Gasteiger partial charge is 0.274 e. The van der Waals surface area contributed by atoms with Gasteiger partial charge in [0.15, 0.2) is 0 Å². The Bertz CT molecular complexity index is 1050. The van der Waals surface area contributed by atoms with Crippen LogP contribution in [0.1, 0.15) is 32.1 Å². The molecule has 140 valence electrons. The standard InChI is InChI=1S/C22H18FN3O2/c23-17-8-3-4-9-18(17)25-21(27)19-10-5-11-20(24-19)22(28)26-13-12-15-6-1-2-7-16(15)14-26/h1-11H,12-14H2,(H,25,27). The summed E-state index contributed by atoms with van der Waals surface area (Å²) in [6.07, 6.45) is 0.787. The average Bonchev–Trinajstić information content (AvgIpc) is 2.74. The predicted molar refractivity (Wildman–Crippen MR) is 103 cm³/mol. The highest BCUT2D eigenvalue weighted by Crippen LogP contribution is 2.20. The van der Waals surface area contributed by atoms with Gasteiger partial charge in [0.1, 0.15) is 17.2 Å². The lowest BCUT2D eigenvalue weighted by Gasteiger charge is -2.28. The van der Waals surface area contributed by atoms with E-state index in [9.17, 15) is 14.0 Å². The molecule has 2 heterocycles. The van der Waals surface area contributed by atoms with E-state index in [4.69, 9.17) is 0 Å². The molecule has 0 unspecified atom stereocenters. The number of hydrogen-bond donors (Lipinski definition) is 1. The number of nitrogens with one attached hydrogen (secondary N) is 1. The minimum atomic E-state index is -0.566. The number of para-hydroxylation sites is 1. The van der Waals surface area contributed by atoms with Gasteiger partial charge in [0.2, 0.25) is 0 Å². The number of aromatic nitrogens is 1. The van der Waals surface area contributed by atoms with Crippen LogP contribution in [0.3, 0.4) is 0 Å². The van der Waals surface area contributed by atoms with Gasteiger partial charge in [0.25, 0.3) is 11.8 Å². The molecule has 1 aliphatic heterocycles. The number of fused-ring (bicyclic) bond motifs is 1. The van der Waals surface area contributed by atoms with Gasteiger partial charge in [0.05, 0.1) is 5.69 Å². The molecular weight excluding hydrogens is 357 g/mol. The van der Waals surface area contributed by atoms with Crippen LogP contribution in [0.15, 0.2) is 66.7 Å². The highest BCUT2D eigenvalue weighted by atomic mass is 19.1. The van der Waals surface area contributed by atoms with Crippen LogP contribution in [0.5, 0.6) is 0 Å². The third-order valence-electron chi connectivity index (χ3n) is 4.74. The number of pyridine rings is 1. The van der Waals surface area contributed by atoms with Crippen LogP contribution in [0.2, 0.25) is 0 Å². The molecule has 0 bridgehead atoms. The third kappa shape index (κ3) is 3.62. The summed E-state index contributed by atoms with van der Waals surface area (Å²) >= 11 is 0. The molecule has 0 saturated carbocycles. The number of carbonyl (C=O) groups excluding carboxylic acids is 2. The molecule has 0 aliphatic carbocycles. The summed E-state index contributed by atoms with van der Waals surface area (Å²) in [5.74, 6) is -1.33. The minimum Gasteiger partial charge on any atom is -0.333 e. The Morgan fingerprint density at radius 3 is 2.43 bits per heavy atom. The van der Waals surface area contributed by atoms with Gasteiger partial charge in [-0.05, 0) is 41.8 Å². The van der Waals surface area contributed by atoms with Crippen LogP contribution in [0.4, 0.5) is 10.1 Å². The van der Waals surface area contributed by atoms with E-state index in [-0.39, 0.29) is 23.0 Å². The van der Waals surface area contributed by atoms with Crippen molar-refractivity contribution in [3.8, 4) is 0 Å². The molecule has 1 N–H and O–H groups in total. The van der Waals surface area contributed by atoms with Crippen molar-refractivity contribution < 1.29 is 14.0 Å². The van der Waals surface area contributed by atoms with Crippen LogP contribution in [-0.4, -0.2) is 28.2 Å². The molecular formula is C22H18FN3O2. The molecule has 6 heteroatoms. The lowest BCUT2D eigenvalue weighted by molar-refractivity contribution is 0.0728. The van der Waals surface area contributed by atoms with E-state index < -0.39 is 11.7 Å². The Kier molecular flexibility index (Phi) is 4.85. The number of rotatable bonds is 3. The quantitative estimate of drug-likeness (QED) is 0.760. The van der Waals surface area contributed by atoms with Crippen molar-refractivity contribution in [2.75, 3.05) is 11.9 Å². The molecule has 1 aromatic heterocycles. The molecule has 3 aromatic rings. The fraction of sp³-hybridized carbons (Fsp3) is 0.136. The van der Waals surface area contributed by atoms with Crippen molar-refractivity contribution in [2.45, 2.75) is 13.0 Å². The first-order valence-electron chi connectivity index (χ1n) is 9.01. The lowest BCUT2D eigenvalue weighted by atomic mass is 10.00. The second-order valence-corrected chi connectivity index (χ2v) is 6.59. The molecule has 28 heavy (non-hydrogen) atoms. The van der Waals surface area contributed by atoms with Gasteiger partial charge in [-0.2, -0.15) is 0 Å². The summed E-state index contributed by atoms with van der Waals surface area (Å²) in [5, 5.41) is 2.48. The predicted octanol–water partition coefficient (Wildman–Crippen LogP) is 3.67. The van der Waals surface area contributed by atoms with E-state index in [2.05, 4.69) is 16.4 Å². The van der Waals surface area contributed by atoms with Gasteiger partial charge < -0.3 is 10.2 Å². The molecule has 2 aromatic carbocycles. The highest BCUT2D eigenvalue weighted by molar-refractivity contribution is 6.03. The van der Waals surface area contributed by atoms with Gasteiger partial charge in [-0.1, -0.05) is 42.5 Å². The van der Waals surface area contributed by atoms with Crippen LogP contribution < -0.4 is 5.32 Å². The van der Waals surface area contributed by atoms with Crippen LogP contribution in [-0.2, 0) is 13.0 Å². The maximum Gasteiger partial charge on any atom is 0.274 e. The number of amides is 2. The number of halogens is 1. The second-order valence-electron chi connectivity index (χ2n) is 6.59. The van der Waals surface area contributed by atoms with E-state index in [1.54, 1.807) is 29.2 Å². The van der Waals surface area contributed by atoms with Crippen molar-refractivity contribution in [2.24, 2.45) is 0 Å². The Morgan fingerprint density at radius 1 is 0.893 bits per heavy atom. The zero-order valence-corrected chi connectivity index (χ0v) is 15.1. The summed E-state index contributed by atoms with van der Waals surface area (Å²) in [7, 11) is 0. The zero-order chi connectivity index (χ0) is 19.5. The van der Waals surface area contributed by atoms with Crippen molar-refractivity contribution >= 4 is 17.5 Å². The summed E-state index contributed by atoms with van der Waals surface area (Å²) in [5.41, 5.74) is 2.69.